The minimum absolute atomic E-state index is 0.0653. The molecule has 1 aliphatic heterocycles. The van der Waals surface area contributed by atoms with Crippen molar-refractivity contribution < 1.29 is 5.11 Å². The number of hydrogen-bond donors (Lipinski definition) is 2. The molecule has 132 valence electrons. The van der Waals surface area contributed by atoms with Crippen LogP contribution in [0, 0.1) is 0 Å². The molecule has 1 atom stereocenters. The number of nitrogens with zero attached hydrogens (tertiary/aromatic N) is 5. The lowest BCUT2D eigenvalue weighted by Crippen LogP contribution is -2.35. The Morgan fingerprint density at radius 3 is 3.12 bits per heavy atom. The molecule has 25 heavy (non-hydrogen) atoms. The predicted molar refractivity (Wildman–Crippen MR) is 94.4 cm³/mol. The summed E-state index contributed by atoms with van der Waals surface area (Å²) in [7, 11) is 1.89. The number of nitrogens with one attached hydrogen (secondary N) is 1. The van der Waals surface area contributed by atoms with Crippen LogP contribution >= 0.6 is 11.3 Å². The summed E-state index contributed by atoms with van der Waals surface area (Å²) < 4.78 is 2.56. The Morgan fingerprint density at radius 2 is 2.32 bits per heavy atom. The zero-order valence-corrected chi connectivity index (χ0v) is 14.8. The van der Waals surface area contributed by atoms with Gasteiger partial charge in [-0.25, -0.2) is 4.98 Å². The summed E-state index contributed by atoms with van der Waals surface area (Å²) in [4.78, 5) is 21.9. The molecule has 3 aromatic heterocycles. The van der Waals surface area contributed by atoms with Gasteiger partial charge in [-0.15, -0.1) is 21.5 Å². The number of rotatable bonds is 4. The average Bonchev–Trinajstić information content (AvgIpc) is 3.21. The summed E-state index contributed by atoms with van der Waals surface area (Å²) in [6.45, 7) is 2.31. The Hall–Kier alpha value is -2.10. The van der Waals surface area contributed by atoms with Crippen molar-refractivity contribution in [1.29, 1.82) is 0 Å². The first-order valence-electron chi connectivity index (χ1n) is 8.33. The molecule has 0 amide bonds. The fraction of sp³-hybridized carbons (Fsp3) is 0.500. The van der Waals surface area contributed by atoms with Crippen LogP contribution in [0.2, 0.25) is 0 Å². The van der Waals surface area contributed by atoms with Gasteiger partial charge in [-0.1, -0.05) is 0 Å². The maximum atomic E-state index is 12.1. The van der Waals surface area contributed by atoms with Crippen molar-refractivity contribution >= 4 is 21.6 Å². The van der Waals surface area contributed by atoms with E-state index in [0.717, 1.165) is 37.3 Å². The quantitative estimate of drug-likeness (QED) is 0.720. The molecular formula is C16H20N6O2S. The third-order valence-electron chi connectivity index (χ3n) is 4.75. The van der Waals surface area contributed by atoms with Crippen LogP contribution in [0.4, 0.5) is 0 Å². The van der Waals surface area contributed by atoms with E-state index < -0.39 is 0 Å². The van der Waals surface area contributed by atoms with Crippen molar-refractivity contribution in [3.63, 3.8) is 0 Å². The molecular weight excluding hydrogens is 340 g/mol. The molecule has 0 aliphatic carbocycles. The van der Waals surface area contributed by atoms with Gasteiger partial charge in [-0.3, -0.25) is 9.69 Å². The lowest BCUT2D eigenvalue weighted by molar-refractivity contribution is 0.190. The number of aliphatic hydroxyl groups excluding tert-OH is 1. The number of H-pyrrole nitrogens is 1. The molecule has 0 bridgehead atoms. The molecule has 8 nitrogen and oxygen atoms in total. The Bertz CT molecular complexity index is 946. The van der Waals surface area contributed by atoms with Crippen molar-refractivity contribution in [1.82, 2.24) is 29.6 Å². The first-order valence-corrected chi connectivity index (χ1v) is 9.21. The van der Waals surface area contributed by atoms with E-state index in [1.165, 1.54) is 11.3 Å². The van der Waals surface area contributed by atoms with Crippen LogP contribution in [0.5, 0.6) is 0 Å². The van der Waals surface area contributed by atoms with Gasteiger partial charge in [0.2, 0.25) is 0 Å². The SMILES string of the molecule is Cn1c(CO)nnc1[C@H]1CCCN(Cc2nc3ccsc3c(=O)[nH]2)C1. The summed E-state index contributed by atoms with van der Waals surface area (Å²) in [6, 6.07) is 1.88. The Labute approximate surface area is 148 Å². The number of likely N-dealkylation sites (tertiary alicyclic amines) is 1. The summed E-state index contributed by atoms with van der Waals surface area (Å²) in [5.41, 5.74) is 0.697. The van der Waals surface area contributed by atoms with Crippen LogP contribution < -0.4 is 5.56 Å². The van der Waals surface area contributed by atoms with Crippen molar-refractivity contribution in [2.75, 3.05) is 13.1 Å². The number of aromatic amines is 1. The van der Waals surface area contributed by atoms with E-state index in [1.54, 1.807) is 0 Å². The standard InChI is InChI=1S/C16H20N6O2S/c1-21-13(9-23)19-20-15(21)10-3-2-5-22(7-10)8-12-17-11-4-6-25-14(11)16(24)18-12/h4,6,10,23H,2-3,5,7-9H2,1H3,(H,17,18,24)/t10-/m0/s1. The summed E-state index contributed by atoms with van der Waals surface area (Å²) in [6.07, 6.45) is 2.10. The van der Waals surface area contributed by atoms with Crippen molar-refractivity contribution in [2.45, 2.75) is 31.9 Å². The fourth-order valence-electron chi connectivity index (χ4n) is 3.49. The molecule has 3 aromatic rings. The summed E-state index contributed by atoms with van der Waals surface area (Å²) in [5.74, 6) is 2.46. The van der Waals surface area contributed by atoms with Crippen molar-refractivity contribution in [3.8, 4) is 0 Å². The summed E-state index contributed by atoms with van der Waals surface area (Å²) >= 11 is 1.41. The topological polar surface area (TPSA) is 99.9 Å². The number of fused-ring (bicyclic) bond motifs is 1. The molecule has 0 spiro atoms. The van der Waals surface area contributed by atoms with Gasteiger partial charge in [-0.05, 0) is 30.8 Å². The van der Waals surface area contributed by atoms with E-state index in [2.05, 4.69) is 25.1 Å². The molecule has 0 radical (unpaired) electrons. The van der Waals surface area contributed by atoms with E-state index in [4.69, 9.17) is 0 Å². The molecule has 4 rings (SSSR count). The third-order valence-corrected chi connectivity index (χ3v) is 5.65. The van der Waals surface area contributed by atoms with Crippen molar-refractivity contribution in [3.05, 3.63) is 39.3 Å². The predicted octanol–water partition coefficient (Wildman–Crippen LogP) is 0.985. The first-order chi connectivity index (χ1) is 12.2. The molecule has 9 heteroatoms. The van der Waals surface area contributed by atoms with Gasteiger partial charge in [0.15, 0.2) is 5.82 Å². The Balaban J connectivity index is 1.52. The third kappa shape index (κ3) is 3.10. The van der Waals surface area contributed by atoms with Gasteiger partial charge in [0, 0.05) is 19.5 Å². The number of thiophene rings is 1. The number of piperidine rings is 1. The second-order valence-corrected chi connectivity index (χ2v) is 7.33. The van der Waals surface area contributed by atoms with E-state index in [0.29, 0.717) is 22.9 Å². The molecule has 2 N–H and O–H groups in total. The molecule has 0 aromatic carbocycles. The Kier molecular flexibility index (Phi) is 4.36. The summed E-state index contributed by atoms with van der Waals surface area (Å²) in [5, 5.41) is 19.5. The van der Waals surface area contributed by atoms with Crippen LogP contribution in [-0.4, -0.2) is 47.8 Å². The lowest BCUT2D eigenvalue weighted by Gasteiger charge is -2.31. The zero-order chi connectivity index (χ0) is 17.4. The zero-order valence-electron chi connectivity index (χ0n) is 14.0. The second kappa shape index (κ2) is 6.66. The lowest BCUT2D eigenvalue weighted by atomic mass is 9.97. The Morgan fingerprint density at radius 1 is 1.44 bits per heavy atom. The second-order valence-electron chi connectivity index (χ2n) is 6.41. The van der Waals surface area contributed by atoms with Gasteiger partial charge in [0.25, 0.3) is 5.56 Å². The molecule has 1 saturated heterocycles. The normalized spacial score (nSPS) is 18.9. The van der Waals surface area contributed by atoms with Gasteiger partial charge in [0.05, 0.1) is 12.1 Å². The molecule has 4 heterocycles. The fourth-order valence-corrected chi connectivity index (χ4v) is 4.21. The van der Waals surface area contributed by atoms with Crippen LogP contribution in [0.3, 0.4) is 0 Å². The number of hydrogen-bond acceptors (Lipinski definition) is 7. The molecule has 1 aliphatic rings. The van der Waals surface area contributed by atoms with Crippen LogP contribution in [-0.2, 0) is 20.2 Å². The highest BCUT2D eigenvalue weighted by atomic mass is 32.1. The van der Waals surface area contributed by atoms with E-state index in [-0.39, 0.29) is 18.1 Å². The molecule has 0 saturated carbocycles. The maximum absolute atomic E-state index is 12.1. The molecule has 0 unspecified atom stereocenters. The number of aliphatic hydroxyl groups is 1. The highest BCUT2D eigenvalue weighted by Crippen LogP contribution is 2.26. The first kappa shape index (κ1) is 16.4. The van der Waals surface area contributed by atoms with Crippen molar-refractivity contribution in [2.24, 2.45) is 7.05 Å². The van der Waals surface area contributed by atoms with Gasteiger partial charge >= 0.3 is 0 Å². The van der Waals surface area contributed by atoms with E-state index >= 15 is 0 Å². The largest absolute Gasteiger partial charge is 0.388 e. The average molecular weight is 360 g/mol. The van der Waals surface area contributed by atoms with Gasteiger partial charge < -0.3 is 14.7 Å². The number of aromatic nitrogens is 5. The monoisotopic (exact) mass is 360 g/mol. The maximum Gasteiger partial charge on any atom is 0.268 e. The van der Waals surface area contributed by atoms with E-state index in [1.807, 2.05) is 23.1 Å². The van der Waals surface area contributed by atoms with Gasteiger partial charge in [0.1, 0.15) is 23.0 Å². The van der Waals surface area contributed by atoms with Crippen LogP contribution in [0.15, 0.2) is 16.2 Å². The minimum atomic E-state index is -0.105. The van der Waals surface area contributed by atoms with Crippen LogP contribution in [0.25, 0.3) is 10.2 Å². The highest BCUT2D eigenvalue weighted by Gasteiger charge is 2.26. The highest BCUT2D eigenvalue weighted by molar-refractivity contribution is 7.17. The minimum Gasteiger partial charge on any atom is -0.388 e. The van der Waals surface area contributed by atoms with Crippen LogP contribution in [0.1, 0.15) is 36.2 Å². The van der Waals surface area contributed by atoms with E-state index in [9.17, 15) is 9.90 Å². The smallest absolute Gasteiger partial charge is 0.268 e. The van der Waals surface area contributed by atoms with Gasteiger partial charge in [-0.2, -0.15) is 0 Å². The molecule has 1 fully saturated rings.